The summed E-state index contributed by atoms with van der Waals surface area (Å²) in [6, 6.07) is 8.02. The second-order valence-corrected chi connectivity index (χ2v) is 7.17. The Hall–Kier alpha value is -0.840. The largest absolute Gasteiger partial charge is 0.314 e. The van der Waals surface area contributed by atoms with Crippen molar-refractivity contribution in [3.8, 4) is 0 Å². The van der Waals surface area contributed by atoms with Crippen LogP contribution in [0.5, 0.6) is 0 Å². The molecule has 1 fully saturated rings. The van der Waals surface area contributed by atoms with Crippen LogP contribution in [0.3, 0.4) is 0 Å². The molecule has 1 N–H and O–H groups in total. The molecule has 110 valence electrons. The van der Waals surface area contributed by atoms with Gasteiger partial charge in [-0.2, -0.15) is 0 Å². The Morgan fingerprint density at radius 1 is 1.15 bits per heavy atom. The van der Waals surface area contributed by atoms with Crippen LogP contribution in [0.15, 0.2) is 29.2 Å². The van der Waals surface area contributed by atoms with E-state index in [1.165, 1.54) is 4.90 Å². The minimum Gasteiger partial charge on any atom is -0.314 e. The monoisotopic (exact) mass is 292 g/mol. The predicted molar refractivity (Wildman–Crippen MR) is 85.7 cm³/mol. The molecule has 3 nitrogen and oxygen atoms in total. The van der Waals surface area contributed by atoms with E-state index in [2.05, 4.69) is 36.2 Å². The molecule has 20 heavy (non-hydrogen) atoms. The average Bonchev–Trinajstić information content (AvgIpc) is 2.47. The van der Waals surface area contributed by atoms with Crippen LogP contribution < -0.4 is 5.32 Å². The highest BCUT2D eigenvalue weighted by Crippen LogP contribution is 2.23. The van der Waals surface area contributed by atoms with Crippen molar-refractivity contribution < 1.29 is 4.79 Å². The number of hydrogen-bond acceptors (Lipinski definition) is 4. The Kier molecular flexibility index (Phi) is 5.64. The van der Waals surface area contributed by atoms with Crippen molar-refractivity contribution >= 4 is 17.5 Å². The molecule has 0 bridgehead atoms. The maximum atomic E-state index is 12.5. The van der Waals surface area contributed by atoms with Crippen molar-refractivity contribution in [3.05, 3.63) is 29.8 Å². The van der Waals surface area contributed by atoms with Crippen molar-refractivity contribution in [2.45, 2.75) is 37.0 Å². The van der Waals surface area contributed by atoms with Crippen molar-refractivity contribution in [2.24, 2.45) is 0 Å². The Bertz CT molecular complexity index is 438. The standard InChI is InChI=1S/C16H24N2OS/c1-12(2)20-15-6-4-14(5-7-15)16(19)13(3)18-10-8-17-9-11-18/h4-7,12-13,17H,8-11H2,1-3H3. The van der Waals surface area contributed by atoms with Gasteiger partial charge < -0.3 is 5.32 Å². The molecular weight excluding hydrogens is 268 g/mol. The minimum absolute atomic E-state index is 0.0271. The summed E-state index contributed by atoms with van der Waals surface area (Å²) in [7, 11) is 0. The SMILES string of the molecule is CC(C)Sc1ccc(C(=O)C(C)N2CCNCC2)cc1. The van der Waals surface area contributed by atoms with Gasteiger partial charge in [0.1, 0.15) is 0 Å². The lowest BCUT2D eigenvalue weighted by Crippen LogP contribution is -2.50. The van der Waals surface area contributed by atoms with Gasteiger partial charge in [-0.25, -0.2) is 0 Å². The number of nitrogens with one attached hydrogen (secondary N) is 1. The molecule has 1 saturated heterocycles. The molecule has 1 aliphatic heterocycles. The van der Waals surface area contributed by atoms with Gasteiger partial charge in [-0.15, -0.1) is 11.8 Å². The van der Waals surface area contributed by atoms with E-state index in [1.54, 1.807) is 0 Å². The third-order valence-electron chi connectivity index (χ3n) is 3.59. The first kappa shape index (κ1) is 15.5. The number of benzene rings is 1. The normalized spacial score (nSPS) is 18.2. The van der Waals surface area contributed by atoms with Crippen LogP contribution in [0.4, 0.5) is 0 Å². The van der Waals surface area contributed by atoms with Gasteiger partial charge in [-0.05, 0) is 19.1 Å². The molecular formula is C16H24N2OS. The third kappa shape index (κ3) is 4.08. The van der Waals surface area contributed by atoms with Crippen LogP contribution in [0.25, 0.3) is 0 Å². The summed E-state index contributed by atoms with van der Waals surface area (Å²) in [6.07, 6.45) is 0. The van der Waals surface area contributed by atoms with Gasteiger partial charge in [0.25, 0.3) is 0 Å². The van der Waals surface area contributed by atoms with Gasteiger partial charge in [-0.1, -0.05) is 26.0 Å². The van der Waals surface area contributed by atoms with E-state index in [0.29, 0.717) is 5.25 Å². The second-order valence-electron chi connectivity index (χ2n) is 5.52. The van der Waals surface area contributed by atoms with Crippen molar-refractivity contribution in [1.82, 2.24) is 10.2 Å². The molecule has 1 aromatic carbocycles. The zero-order chi connectivity index (χ0) is 14.5. The van der Waals surface area contributed by atoms with Gasteiger partial charge in [0, 0.05) is 41.9 Å². The summed E-state index contributed by atoms with van der Waals surface area (Å²) in [4.78, 5) is 16.0. The smallest absolute Gasteiger partial charge is 0.179 e. The van der Waals surface area contributed by atoms with Crippen LogP contribution in [-0.4, -0.2) is 48.2 Å². The molecule has 0 saturated carbocycles. The van der Waals surface area contributed by atoms with Crippen LogP contribution in [0.2, 0.25) is 0 Å². The first-order valence-corrected chi connectivity index (χ1v) is 8.21. The highest BCUT2D eigenvalue weighted by Gasteiger charge is 2.23. The summed E-state index contributed by atoms with van der Waals surface area (Å²) < 4.78 is 0. The molecule has 0 aromatic heterocycles. The summed E-state index contributed by atoms with van der Waals surface area (Å²) in [5.74, 6) is 0.230. The van der Waals surface area contributed by atoms with E-state index in [-0.39, 0.29) is 11.8 Å². The fourth-order valence-electron chi connectivity index (χ4n) is 2.45. The number of Topliss-reactive ketones (excluding diaryl/α,β-unsaturated/α-hetero) is 1. The van der Waals surface area contributed by atoms with Crippen LogP contribution in [-0.2, 0) is 0 Å². The maximum Gasteiger partial charge on any atom is 0.179 e. The van der Waals surface area contributed by atoms with E-state index in [1.807, 2.05) is 30.8 Å². The number of nitrogens with zero attached hydrogens (tertiary/aromatic N) is 1. The number of thioether (sulfide) groups is 1. The molecule has 1 aliphatic rings. The molecule has 1 unspecified atom stereocenters. The molecule has 0 radical (unpaired) electrons. The number of rotatable bonds is 5. The number of hydrogen-bond donors (Lipinski definition) is 1. The Labute approximate surface area is 126 Å². The first-order chi connectivity index (χ1) is 9.58. The average molecular weight is 292 g/mol. The van der Waals surface area contributed by atoms with E-state index >= 15 is 0 Å². The number of carbonyl (C=O) groups is 1. The molecule has 4 heteroatoms. The van der Waals surface area contributed by atoms with E-state index in [9.17, 15) is 4.79 Å². The Morgan fingerprint density at radius 3 is 2.30 bits per heavy atom. The first-order valence-electron chi connectivity index (χ1n) is 7.33. The molecule has 0 amide bonds. The van der Waals surface area contributed by atoms with Gasteiger partial charge in [-0.3, -0.25) is 9.69 Å². The van der Waals surface area contributed by atoms with Crippen molar-refractivity contribution in [1.29, 1.82) is 0 Å². The lowest BCUT2D eigenvalue weighted by atomic mass is 10.0. The second kappa shape index (κ2) is 7.25. The maximum absolute atomic E-state index is 12.5. The summed E-state index contributed by atoms with van der Waals surface area (Å²) in [5.41, 5.74) is 0.823. The van der Waals surface area contributed by atoms with Gasteiger partial charge in [0.15, 0.2) is 5.78 Å². The molecule has 1 heterocycles. The quantitative estimate of drug-likeness (QED) is 0.668. The molecule has 1 aromatic rings. The number of carbonyl (C=O) groups excluding carboxylic acids is 1. The van der Waals surface area contributed by atoms with E-state index in [0.717, 1.165) is 31.7 Å². The summed E-state index contributed by atoms with van der Waals surface area (Å²) in [6.45, 7) is 10.2. The lowest BCUT2D eigenvalue weighted by molar-refractivity contribution is 0.0820. The van der Waals surface area contributed by atoms with Gasteiger partial charge in [0.05, 0.1) is 6.04 Å². The topological polar surface area (TPSA) is 32.3 Å². The fraction of sp³-hybridized carbons (Fsp3) is 0.562. The molecule has 1 atom stereocenters. The van der Waals surface area contributed by atoms with Crippen LogP contribution in [0.1, 0.15) is 31.1 Å². The lowest BCUT2D eigenvalue weighted by Gasteiger charge is -2.31. The predicted octanol–water partition coefficient (Wildman–Crippen LogP) is 2.66. The minimum atomic E-state index is -0.0271. The zero-order valence-corrected chi connectivity index (χ0v) is 13.4. The third-order valence-corrected chi connectivity index (χ3v) is 4.61. The van der Waals surface area contributed by atoms with Crippen LogP contribution >= 0.6 is 11.8 Å². The van der Waals surface area contributed by atoms with Crippen molar-refractivity contribution in [3.63, 3.8) is 0 Å². The van der Waals surface area contributed by atoms with Crippen molar-refractivity contribution in [2.75, 3.05) is 26.2 Å². The van der Waals surface area contributed by atoms with Gasteiger partial charge in [0.2, 0.25) is 0 Å². The Balaban J connectivity index is 2.00. The molecule has 0 aliphatic carbocycles. The number of ketones is 1. The Morgan fingerprint density at radius 2 is 1.75 bits per heavy atom. The fourth-order valence-corrected chi connectivity index (χ4v) is 3.28. The highest BCUT2D eigenvalue weighted by molar-refractivity contribution is 7.99. The van der Waals surface area contributed by atoms with E-state index < -0.39 is 0 Å². The summed E-state index contributed by atoms with van der Waals surface area (Å²) >= 11 is 1.83. The zero-order valence-electron chi connectivity index (χ0n) is 12.6. The van der Waals surface area contributed by atoms with E-state index in [4.69, 9.17) is 0 Å². The molecule has 0 spiro atoms. The highest BCUT2D eigenvalue weighted by atomic mass is 32.2. The number of piperazine rings is 1. The summed E-state index contributed by atoms with van der Waals surface area (Å²) in [5, 5.41) is 3.88. The molecule has 2 rings (SSSR count). The van der Waals surface area contributed by atoms with Crippen LogP contribution in [0, 0.1) is 0 Å². The van der Waals surface area contributed by atoms with Gasteiger partial charge >= 0.3 is 0 Å².